The van der Waals surface area contributed by atoms with Crippen LogP contribution in [0.4, 0.5) is 0 Å². The lowest BCUT2D eigenvalue weighted by Gasteiger charge is -2.23. The summed E-state index contributed by atoms with van der Waals surface area (Å²) in [5, 5.41) is 3.68. The fraction of sp³-hybridized carbons (Fsp3) is 1.00. The van der Waals surface area contributed by atoms with Gasteiger partial charge in [0.25, 0.3) is 0 Å². The third-order valence-corrected chi connectivity index (χ3v) is 4.84. The third-order valence-electron chi connectivity index (χ3n) is 4.84. The normalized spacial score (nSPS) is 34.0. The molecule has 88 valence electrons. The lowest BCUT2D eigenvalue weighted by Crippen LogP contribution is -2.35. The zero-order valence-electron chi connectivity index (χ0n) is 10.6. The standard InChI is InChI=1S/C13H25NO/c1-12(2)11(13(12,3)4)14-9-10-7-5-6-8-15-10/h10-11,14H,5-9H2,1-4H3. The molecule has 2 fully saturated rings. The summed E-state index contributed by atoms with van der Waals surface area (Å²) in [5.41, 5.74) is 0.892. The maximum atomic E-state index is 5.73. The molecule has 1 N–H and O–H groups in total. The molecule has 15 heavy (non-hydrogen) atoms. The minimum absolute atomic E-state index is 0.446. The van der Waals surface area contributed by atoms with Crippen molar-refractivity contribution in [2.24, 2.45) is 10.8 Å². The number of ether oxygens (including phenoxy) is 1. The Bertz CT molecular complexity index is 215. The smallest absolute Gasteiger partial charge is 0.0699 e. The lowest BCUT2D eigenvalue weighted by molar-refractivity contribution is 0.0161. The van der Waals surface area contributed by atoms with E-state index in [9.17, 15) is 0 Å². The van der Waals surface area contributed by atoms with Crippen molar-refractivity contribution in [3.05, 3.63) is 0 Å². The molecule has 1 heterocycles. The van der Waals surface area contributed by atoms with Gasteiger partial charge < -0.3 is 10.1 Å². The Hall–Kier alpha value is -0.0800. The first-order valence-electron chi connectivity index (χ1n) is 6.31. The second kappa shape index (κ2) is 3.74. The van der Waals surface area contributed by atoms with Crippen LogP contribution in [0.25, 0.3) is 0 Å². The highest BCUT2D eigenvalue weighted by molar-refractivity contribution is 5.17. The van der Waals surface area contributed by atoms with Gasteiger partial charge in [-0.3, -0.25) is 0 Å². The van der Waals surface area contributed by atoms with E-state index in [0.717, 1.165) is 13.2 Å². The van der Waals surface area contributed by atoms with E-state index >= 15 is 0 Å². The van der Waals surface area contributed by atoms with E-state index in [1.165, 1.54) is 19.3 Å². The van der Waals surface area contributed by atoms with Crippen LogP contribution >= 0.6 is 0 Å². The Morgan fingerprint density at radius 3 is 2.27 bits per heavy atom. The van der Waals surface area contributed by atoms with E-state index in [2.05, 4.69) is 33.0 Å². The molecule has 1 saturated heterocycles. The fourth-order valence-corrected chi connectivity index (χ4v) is 2.92. The van der Waals surface area contributed by atoms with Gasteiger partial charge in [0.15, 0.2) is 0 Å². The Morgan fingerprint density at radius 1 is 1.13 bits per heavy atom. The molecule has 1 atom stereocenters. The van der Waals surface area contributed by atoms with Gasteiger partial charge in [0.05, 0.1) is 6.10 Å². The average Bonchev–Trinajstić information content (AvgIpc) is 2.57. The van der Waals surface area contributed by atoms with Gasteiger partial charge in [0, 0.05) is 19.2 Å². The second-order valence-corrected chi connectivity index (χ2v) is 6.27. The first-order valence-corrected chi connectivity index (χ1v) is 6.31. The molecule has 2 aliphatic rings. The fourth-order valence-electron chi connectivity index (χ4n) is 2.92. The molecule has 1 aliphatic carbocycles. The largest absolute Gasteiger partial charge is 0.377 e. The zero-order valence-corrected chi connectivity index (χ0v) is 10.6. The average molecular weight is 211 g/mol. The summed E-state index contributed by atoms with van der Waals surface area (Å²) in [6, 6.07) is 0.663. The molecule has 2 heteroatoms. The van der Waals surface area contributed by atoms with Crippen molar-refractivity contribution in [3.63, 3.8) is 0 Å². The van der Waals surface area contributed by atoms with Crippen molar-refractivity contribution in [3.8, 4) is 0 Å². The Balaban J connectivity index is 1.75. The molecule has 0 bridgehead atoms. The van der Waals surface area contributed by atoms with Crippen molar-refractivity contribution in [1.82, 2.24) is 5.32 Å². The van der Waals surface area contributed by atoms with E-state index in [-0.39, 0.29) is 0 Å². The van der Waals surface area contributed by atoms with Crippen LogP contribution in [-0.2, 0) is 4.74 Å². The van der Waals surface area contributed by atoms with Gasteiger partial charge in [-0.1, -0.05) is 27.7 Å². The van der Waals surface area contributed by atoms with Crippen LogP contribution in [0.1, 0.15) is 47.0 Å². The predicted molar refractivity (Wildman–Crippen MR) is 62.9 cm³/mol. The maximum absolute atomic E-state index is 5.73. The van der Waals surface area contributed by atoms with Crippen molar-refractivity contribution < 1.29 is 4.74 Å². The SMILES string of the molecule is CC1(C)C(NCC2CCCCO2)C1(C)C. The monoisotopic (exact) mass is 211 g/mol. The third kappa shape index (κ3) is 1.94. The first kappa shape index (κ1) is 11.4. The van der Waals surface area contributed by atoms with E-state index < -0.39 is 0 Å². The zero-order chi connectivity index (χ0) is 11.1. The van der Waals surface area contributed by atoms with Gasteiger partial charge in [-0.05, 0) is 30.1 Å². The van der Waals surface area contributed by atoms with Gasteiger partial charge in [0.1, 0.15) is 0 Å². The first-order chi connectivity index (χ1) is 6.96. The summed E-state index contributed by atoms with van der Waals surface area (Å²) < 4.78 is 5.73. The summed E-state index contributed by atoms with van der Waals surface area (Å²) in [4.78, 5) is 0. The van der Waals surface area contributed by atoms with Gasteiger partial charge in [-0.25, -0.2) is 0 Å². The van der Waals surface area contributed by atoms with Crippen molar-refractivity contribution in [1.29, 1.82) is 0 Å². The van der Waals surface area contributed by atoms with Crippen LogP contribution in [0.3, 0.4) is 0 Å². The molecular weight excluding hydrogens is 186 g/mol. The summed E-state index contributed by atoms with van der Waals surface area (Å²) >= 11 is 0. The summed E-state index contributed by atoms with van der Waals surface area (Å²) in [6.45, 7) is 11.4. The molecule has 0 aromatic carbocycles. The Labute approximate surface area is 93.8 Å². The molecule has 0 radical (unpaired) electrons. The molecule has 0 spiro atoms. The number of rotatable bonds is 3. The molecular formula is C13H25NO. The van der Waals surface area contributed by atoms with Crippen LogP contribution in [0.5, 0.6) is 0 Å². The highest BCUT2D eigenvalue weighted by atomic mass is 16.5. The van der Waals surface area contributed by atoms with E-state index in [1.807, 2.05) is 0 Å². The minimum atomic E-state index is 0.446. The van der Waals surface area contributed by atoms with E-state index in [1.54, 1.807) is 0 Å². The lowest BCUT2D eigenvalue weighted by atomic mass is 10.0. The van der Waals surface area contributed by atoms with E-state index in [0.29, 0.717) is 23.0 Å². The van der Waals surface area contributed by atoms with Crippen molar-refractivity contribution >= 4 is 0 Å². The van der Waals surface area contributed by atoms with Crippen LogP contribution in [0.2, 0.25) is 0 Å². The summed E-state index contributed by atoms with van der Waals surface area (Å²) in [7, 11) is 0. The molecule has 1 saturated carbocycles. The number of hydrogen-bond acceptors (Lipinski definition) is 2. The molecule has 1 unspecified atom stereocenters. The van der Waals surface area contributed by atoms with Crippen LogP contribution in [-0.4, -0.2) is 25.3 Å². The molecule has 1 aliphatic heterocycles. The summed E-state index contributed by atoms with van der Waals surface area (Å²) in [6.07, 6.45) is 4.28. The van der Waals surface area contributed by atoms with Crippen LogP contribution in [0.15, 0.2) is 0 Å². The molecule has 0 aromatic rings. The highest BCUT2D eigenvalue weighted by Crippen LogP contribution is 2.62. The second-order valence-electron chi connectivity index (χ2n) is 6.27. The van der Waals surface area contributed by atoms with Gasteiger partial charge in [0.2, 0.25) is 0 Å². The topological polar surface area (TPSA) is 21.3 Å². The minimum Gasteiger partial charge on any atom is -0.377 e. The van der Waals surface area contributed by atoms with Crippen LogP contribution in [0, 0.1) is 10.8 Å². The highest BCUT2D eigenvalue weighted by Gasteiger charge is 2.64. The van der Waals surface area contributed by atoms with Crippen molar-refractivity contribution in [2.45, 2.75) is 59.1 Å². The molecule has 2 nitrogen and oxygen atoms in total. The Kier molecular flexibility index (Phi) is 2.85. The summed E-state index contributed by atoms with van der Waals surface area (Å²) in [5.74, 6) is 0. The molecule has 2 rings (SSSR count). The number of nitrogens with one attached hydrogen (secondary N) is 1. The van der Waals surface area contributed by atoms with Crippen LogP contribution < -0.4 is 5.32 Å². The van der Waals surface area contributed by atoms with E-state index in [4.69, 9.17) is 4.74 Å². The molecule has 0 aromatic heterocycles. The van der Waals surface area contributed by atoms with Gasteiger partial charge in [-0.2, -0.15) is 0 Å². The molecule has 0 amide bonds. The Morgan fingerprint density at radius 2 is 1.80 bits per heavy atom. The maximum Gasteiger partial charge on any atom is 0.0699 e. The quantitative estimate of drug-likeness (QED) is 0.774. The predicted octanol–water partition coefficient (Wildman–Crippen LogP) is 2.58. The van der Waals surface area contributed by atoms with Gasteiger partial charge in [-0.15, -0.1) is 0 Å². The van der Waals surface area contributed by atoms with Gasteiger partial charge >= 0.3 is 0 Å². The van der Waals surface area contributed by atoms with Crippen molar-refractivity contribution in [2.75, 3.05) is 13.2 Å². The number of hydrogen-bond donors (Lipinski definition) is 1.